The maximum Gasteiger partial charge on any atom is 0.203 e. The second-order valence-electron chi connectivity index (χ2n) is 4.43. The molecule has 0 aromatic carbocycles. The maximum absolute atomic E-state index is 4.39. The number of hydrogen-bond acceptors (Lipinski definition) is 3. The van der Waals surface area contributed by atoms with E-state index in [4.69, 9.17) is 0 Å². The van der Waals surface area contributed by atoms with E-state index in [9.17, 15) is 0 Å². The molecule has 2 heterocycles. The smallest absolute Gasteiger partial charge is 0.203 e. The molecule has 3 rings (SSSR count). The molecule has 90 valence electrons. The molecule has 0 saturated heterocycles. The van der Waals surface area contributed by atoms with Crippen molar-refractivity contribution in [3.8, 4) is 0 Å². The highest BCUT2D eigenvalue weighted by molar-refractivity contribution is 7.10. The molecular formula is C13H17N3S. The first kappa shape index (κ1) is 10.8. The van der Waals surface area contributed by atoms with Crippen molar-refractivity contribution in [2.24, 2.45) is 0 Å². The fraction of sp³-hybridized carbons (Fsp3) is 0.462. The molecule has 0 spiro atoms. The summed E-state index contributed by atoms with van der Waals surface area (Å²) in [5.41, 5.74) is 1.48. The molecule has 0 amide bonds. The number of aryl methyl sites for hydroxylation is 2. The SMILES string of the molecule is CCn1ccnc1NC1CCCc2sccc21. The van der Waals surface area contributed by atoms with Gasteiger partial charge in [0.1, 0.15) is 0 Å². The van der Waals surface area contributed by atoms with E-state index in [0.717, 1.165) is 12.5 Å². The molecule has 17 heavy (non-hydrogen) atoms. The summed E-state index contributed by atoms with van der Waals surface area (Å²) in [7, 11) is 0. The number of thiophene rings is 1. The van der Waals surface area contributed by atoms with Crippen molar-refractivity contribution < 1.29 is 0 Å². The number of nitrogens with zero attached hydrogens (tertiary/aromatic N) is 2. The predicted octanol–water partition coefficient (Wildman–Crippen LogP) is 3.45. The van der Waals surface area contributed by atoms with Crippen LogP contribution < -0.4 is 5.32 Å². The normalized spacial score (nSPS) is 19.0. The van der Waals surface area contributed by atoms with Crippen molar-refractivity contribution in [1.82, 2.24) is 9.55 Å². The van der Waals surface area contributed by atoms with Gasteiger partial charge in [0, 0.05) is 23.8 Å². The minimum Gasteiger partial charge on any atom is -0.349 e. The molecular weight excluding hydrogens is 230 g/mol. The average Bonchev–Trinajstić information content (AvgIpc) is 2.97. The second-order valence-corrected chi connectivity index (χ2v) is 5.43. The quantitative estimate of drug-likeness (QED) is 0.900. The van der Waals surface area contributed by atoms with Crippen LogP contribution in [0.4, 0.5) is 5.95 Å². The number of anilines is 1. The lowest BCUT2D eigenvalue weighted by Gasteiger charge is -2.24. The number of nitrogens with one attached hydrogen (secondary N) is 1. The predicted molar refractivity (Wildman–Crippen MR) is 71.5 cm³/mol. The summed E-state index contributed by atoms with van der Waals surface area (Å²) in [5.74, 6) is 0.997. The Morgan fingerprint density at radius 3 is 3.41 bits per heavy atom. The van der Waals surface area contributed by atoms with Crippen LogP contribution in [0.5, 0.6) is 0 Å². The van der Waals surface area contributed by atoms with E-state index < -0.39 is 0 Å². The lowest BCUT2D eigenvalue weighted by molar-refractivity contribution is 0.598. The standard InChI is InChI=1S/C13H17N3S/c1-2-16-8-7-14-13(16)15-11-4-3-5-12-10(11)6-9-17-12/h6-9,11H,2-5H2,1H3,(H,14,15). The van der Waals surface area contributed by atoms with Gasteiger partial charge in [0.25, 0.3) is 0 Å². The first-order chi connectivity index (χ1) is 8.38. The summed E-state index contributed by atoms with van der Waals surface area (Å²) in [5, 5.41) is 5.79. The van der Waals surface area contributed by atoms with Crippen LogP contribution in [-0.2, 0) is 13.0 Å². The molecule has 1 aliphatic rings. The van der Waals surface area contributed by atoms with E-state index in [1.807, 2.05) is 23.7 Å². The molecule has 4 heteroatoms. The maximum atomic E-state index is 4.39. The van der Waals surface area contributed by atoms with Crippen molar-refractivity contribution in [3.63, 3.8) is 0 Å². The van der Waals surface area contributed by atoms with E-state index in [2.05, 4.69) is 33.2 Å². The van der Waals surface area contributed by atoms with E-state index >= 15 is 0 Å². The van der Waals surface area contributed by atoms with E-state index in [1.165, 1.54) is 24.8 Å². The second kappa shape index (κ2) is 4.53. The summed E-state index contributed by atoms with van der Waals surface area (Å²) in [6.45, 7) is 3.11. The molecule has 1 N–H and O–H groups in total. The molecule has 1 unspecified atom stereocenters. The summed E-state index contributed by atoms with van der Waals surface area (Å²) in [6.07, 6.45) is 7.62. The van der Waals surface area contributed by atoms with Gasteiger partial charge in [-0.15, -0.1) is 11.3 Å². The number of aromatic nitrogens is 2. The van der Waals surface area contributed by atoms with Crippen LogP contribution in [0, 0.1) is 0 Å². The van der Waals surface area contributed by atoms with Gasteiger partial charge >= 0.3 is 0 Å². The monoisotopic (exact) mass is 247 g/mol. The summed E-state index contributed by atoms with van der Waals surface area (Å²) >= 11 is 1.88. The summed E-state index contributed by atoms with van der Waals surface area (Å²) in [4.78, 5) is 5.94. The van der Waals surface area contributed by atoms with Gasteiger partial charge in [-0.2, -0.15) is 0 Å². The molecule has 3 nitrogen and oxygen atoms in total. The molecule has 0 saturated carbocycles. The Bertz CT molecular complexity index is 500. The summed E-state index contributed by atoms with van der Waals surface area (Å²) < 4.78 is 2.15. The van der Waals surface area contributed by atoms with Gasteiger partial charge < -0.3 is 9.88 Å². The van der Waals surface area contributed by atoms with Gasteiger partial charge in [-0.1, -0.05) is 0 Å². The third-order valence-electron chi connectivity index (χ3n) is 3.41. The Kier molecular flexibility index (Phi) is 2.89. The Hall–Kier alpha value is -1.29. The van der Waals surface area contributed by atoms with Gasteiger partial charge in [-0.25, -0.2) is 4.98 Å². The van der Waals surface area contributed by atoms with Crippen LogP contribution >= 0.6 is 11.3 Å². The van der Waals surface area contributed by atoms with Crippen LogP contribution in [0.1, 0.15) is 36.2 Å². The van der Waals surface area contributed by atoms with E-state index in [-0.39, 0.29) is 0 Å². The van der Waals surface area contributed by atoms with Crippen LogP contribution in [-0.4, -0.2) is 9.55 Å². The highest BCUT2D eigenvalue weighted by Gasteiger charge is 2.21. The van der Waals surface area contributed by atoms with Crippen molar-refractivity contribution >= 4 is 17.3 Å². The Balaban J connectivity index is 1.84. The molecule has 0 fully saturated rings. The molecule has 1 aliphatic carbocycles. The molecule has 0 radical (unpaired) electrons. The zero-order valence-electron chi connectivity index (χ0n) is 10.0. The number of hydrogen-bond donors (Lipinski definition) is 1. The topological polar surface area (TPSA) is 29.9 Å². The Morgan fingerprint density at radius 2 is 2.53 bits per heavy atom. The highest BCUT2D eigenvalue weighted by atomic mass is 32.1. The van der Waals surface area contributed by atoms with Crippen LogP contribution in [0.15, 0.2) is 23.8 Å². The van der Waals surface area contributed by atoms with Gasteiger partial charge in [0.05, 0.1) is 6.04 Å². The first-order valence-electron chi connectivity index (χ1n) is 6.22. The van der Waals surface area contributed by atoms with Crippen molar-refractivity contribution in [3.05, 3.63) is 34.3 Å². The zero-order chi connectivity index (χ0) is 11.7. The molecule has 0 bridgehead atoms. The van der Waals surface area contributed by atoms with E-state index in [0.29, 0.717) is 6.04 Å². The van der Waals surface area contributed by atoms with Gasteiger partial charge in [0.15, 0.2) is 0 Å². The zero-order valence-corrected chi connectivity index (χ0v) is 10.8. The average molecular weight is 247 g/mol. The molecule has 2 aromatic heterocycles. The van der Waals surface area contributed by atoms with Crippen LogP contribution in [0.2, 0.25) is 0 Å². The number of rotatable bonds is 3. The fourth-order valence-corrected chi connectivity index (χ4v) is 3.48. The molecule has 1 atom stereocenters. The lowest BCUT2D eigenvalue weighted by atomic mass is 9.94. The highest BCUT2D eigenvalue weighted by Crippen LogP contribution is 2.35. The minimum absolute atomic E-state index is 0.442. The van der Waals surface area contributed by atoms with Gasteiger partial charge in [-0.05, 0) is 43.2 Å². The van der Waals surface area contributed by atoms with Gasteiger partial charge in [-0.3, -0.25) is 0 Å². The molecule has 2 aromatic rings. The van der Waals surface area contributed by atoms with Crippen LogP contribution in [0.25, 0.3) is 0 Å². The lowest BCUT2D eigenvalue weighted by Crippen LogP contribution is -2.18. The Labute approximate surface area is 106 Å². The largest absolute Gasteiger partial charge is 0.349 e. The van der Waals surface area contributed by atoms with E-state index in [1.54, 1.807) is 4.88 Å². The number of imidazole rings is 1. The number of fused-ring (bicyclic) bond motifs is 1. The minimum atomic E-state index is 0.442. The Morgan fingerprint density at radius 1 is 1.59 bits per heavy atom. The van der Waals surface area contributed by atoms with Crippen molar-refractivity contribution in [2.45, 2.75) is 38.8 Å². The fourth-order valence-electron chi connectivity index (χ4n) is 2.50. The van der Waals surface area contributed by atoms with Crippen LogP contribution in [0.3, 0.4) is 0 Å². The van der Waals surface area contributed by atoms with Crippen molar-refractivity contribution in [1.29, 1.82) is 0 Å². The third kappa shape index (κ3) is 1.97. The molecule has 0 aliphatic heterocycles. The third-order valence-corrected chi connectivity index (χ3v) is 4.41. The van der Waals surface area contributed by atoms with Crippen molar-refractivity contribution in [2.75, 3.05) is 5.32 Å². The summed E-state index contributed by atoms with van der Waals surface area (Å²) in [6, 6.07) is 2.70. The van der Waals surface area contributed by atoms with Gasteiger partial charge in [0.2, 0.25) is 5.95 Å². The first-order valence-corrected chi connectivity index (χ1v) is 7.10.